The van der Waals surface area contributed by atoms with E-state index in [4.69, 9.17) is 4.74 Å². The number of carbonyl (C=O) groups excluding carboxylic acids is 1. The molecule has 0 amide bonds. The van der Waals surface area contributed by atoms with Gasteiger partial charge in [0, 0.05) is 17.7 Å². The molecule has 0 aromatic heterocycles. The van der Waals surface area contributed by atoms with E-state index in [1.54, 1.807) is 6.92 Å². The van der Waals surface area contributed by atoms with Gasteiger partial charge in [0.1, 0.15) is 17.7 Å². The topological polar surface area (TPSA) is 38.3 Å². The van der Waals surface area contributed by atoms with Crippen LogP contribution in [0.25, 0.3) is 0 Å². The van der Waals surface area contributed by atoms with E-state index in [0.29, 0.717) is 0 Å². The molecule has 2 rings (SSSR count). The van der Waals surface area contributed by atoms with E-state index in [-0.39, 0.29) is 18.2 Å². The highest BCUT2D eigenvalue weighted by atomic mass is 19.1. The molecule has 1 fully saturated rings. The fourth-order valence-electron chi connectivity index (χ4n) is 1.73. The van der Waals surface area contributed by atoms with Gasteiger partial charge in [0.15, 0.2) is 0 Å². The molecule has 98 valence electrons. The Hall–Kier alpha value is -1.49. The average Bonchev–Trinajstić information content (AvgIpc) is 3.11. The summed E-state index contributed by atoms with van der Waals surface area (Å²) in [6.07, 6.45) is 1.91. The van der Waals surface area contributed by atoms with Gasteiger partial charge in [0.2, 0.25) is 0 Å². The summed E-state index contributed by atoms with van der Waals surface area (Å²) >= 11 is 0. The summed E-state index contributed by atoms with van der Waals surface area (Å²) < 4.78 is 31.5. The highest BCUT2D eigenvalue weighted by Gasteiger charge is 2.31. The first-order valence-corrected chi connectivity index (χ1v) is 5.99. The second kappa shape index (κ2) is 5.44. The van der Waals surface area contributed by atoms with Crippen molar-refractivity contribution in [3.05, 3.63) is 35.4 Å². The summed E-state index contributed by atoms with van der Waals surface area (Å²) in [5.41, 5.74) is 0.127. The number of nitrogens with one attached hydrogen (secondary N) is 1. The number of esters is 1. The molecule has 1 aliphatic carbocycles. The number of halogens is 2. The van der Waals surface area contributed by atoms with Crippen molar-refractivity contribution in [2.45, 2.75) is 31.8 Å². The molecular formula is C13H15F2NO2. The van der Waals surface area contributed by atoms with E-state index in [1.807, 2.05) is 0 Å². The minimum Gasteiger partial charge on any atom is -0.465 e. The van der Waals surface area contributed by atoms with Crippen LogP contribution < -0.4 is 5.32 Å². The standard InChI is InChI=1S/C13H15F2NO2/c1-2-18-13(17)12(16-9-4-5-9)10-6-3-8(14)7-11(10)15/h3,6-7,9,12,16H,2,4-5H2,1H3. The van der Waals surface area contributed by atoms with Crippen LogP contribution in [-0.2, 0) is 9.53 Å². The van der Waals surface area contributed by atoms with Crippen molar-refractivity contribution in [2.75, 3.05) is 6.61 Å². The Kier molecular flexibility index (Phi) is 3.91. The Labute approximate surface area is 104 Å². The number of hydrogen-bond donors (Lipinski definition) is 1. The monoisotopic (exact) mass is 255 g/mol. The number of hydrogen-bond acceptors (Lipinski definition) is 3. The first-order chi connectivity index (χ1) is 8.61. The third kappa shape index (κ3) is 3.04. The Bertz CT molecular complexity index is 447. The predicted octanol–water partition coefficient (Wildman–Crippen LogP) is 2.32. The molecular weight excluding hydrogens is 240 g/mol. The Morgan fingerprint density at radius 3 is 2.78 bits per heavy atom. The van der Waals surface area contributed by atoms with E-state index in [1.165, 1.54) is 6.07 Å². The van der Waals surface area contributed by atoms with Gasteiger partial charge < -0.3 is 4.74 Å². The van der Waals surface area contributed by atoms with Crippen LogP contribution in [0.3, 0.4) is 0 Å². The molecule has 1 unspecified atom stereocenters. The fourth-order valence-corrected chi connectivity index (χ4v) is 1.73. The predicted molar refractivity (Wildman–Crippen MR) is 61.9 cm³/mol. The van der Waals surface area contributed by atoms with Crippen molar-refractivity contribution < 1.29 is 18.3 Å². The lowest BCUT2D eigenvalue weighted by molar-refractivity contribution is -0.146. The van der Waals surface area contributed by atoms with Gasteiger partial charge in [0.05, 0.1) is 6.61 Å². The average molecular weight is 255 g/mol. The summed E-state index contributed by atoms with van der Waals surface area (Å²) in [5.74, 6) is -1.93. The summed E-state index contributed by atoms with van der Waals surface area (Å²) in [5, 5.41) is 3.02. The van der Waals surface area contributed by atoms with Crippen LogP contribution in [0.1, 0.15) is 31.4 Å². The molecule has 0 spiro atoms. The molecule has 0 heterocycles. The van der Waals surface area contributed by atoms with Crippen LogP contribution in [0.2, 0.25) is 0 Å². The molecule has 0 bridgehead atoms. The van der Waals surface area contributed by atoms with Crippen molar-refractivity contribution >= 4 is 5.97 Å². The van der Waals surface area contributed by atoms with Crippen LogP contribution in [0.4, 0.5) is 8.78 Å². The maximum atomic E-state index is 13.7. The van der Waals surface area contributed by atoms with Crippen LogP contribution >= 0.6 is 0 Å². The first kappa shape index (κ1) is 13.0. The quantitative estimate of drug-likeness (QED) is 0.821. The summed E-state index contributed by atoms with van der Waals surface area (Å²) in [7, 11) is 0. The Morgan fingerprint density at radius 1 is 1.50 bits per heavy atom. The zero-order valence-corrected chi connectivity index (χ0v) is 10.1. The summed E-state index contributed by atoms with van der Waals surface area (Å²) in [6.45, 7) is 1.91. The van der Waals surface area contributed by atoms with Gasteiger partial charge in [0.25, 0.3) is 0 Å². The van der Waals surface area contributed by atoms with Gasteiger partial charge >= 0.3 is 5.97 Å². The van der Waals surface area contributed by atoms with Gasteiger partial charge in [-0.1, -0.05) is 6.07 Å². The molecule has 1 aliphatic rings. The molecule has 1 atom stereocenters. The van der Waals surface area contributed by atoms with Crippen LogP contribution in [0.5, 0.6) is 0 Å². The fraction of sp³-hybridized carbons (Fsp3) is 0.462. The van der Waals surface area contributed by atoms with Crippen molar-refractivity contribution in [3.63, 3.8) is 0 Å². The van der Waals surface area contributed by atoms with Crippen LogP contribution in [0.15, 0.2) is 18.2 Å². The van der Waals surface area contributed by atoms with Crippen molar-refractivity contribution in [1.29, 1.82) is 0 Å². The zero-order valence-electron chi connectivity index (χ0n) is 10.1. The zero-order chi connectivity index (χ0) is 13.1. The highest BCUT2D eigenvalue weighted by Crippen LogP contribution is 2.26. The lowest BCUT2D eigenvalue weighted by Crippen LogP contribution is -2.32. The Balaban J connectivity index is 2.23. The molecule has 1 aromatic carbocycles. The van der Waals surface area contributed by atoms with Gasteiger partial charge in [-0.3, -0.25) is 5.32 Å². The number of carbonyl (C=O) groups is 1. The molecule has 0 saturated heterocycles. The molecule has 5 heteroatoms. The molecule has 1 saturated carbocycles. The molecule has 3 nitrogen and oxygen atoms in total. The van der Waals surface area contributed by atoms with Crippen molar-refractivity contribution in [2.24, 2.45) is 0 Å². The largest absolute Gasteiger partial charge is 0.465 e. The summed E-state index contributed by atoms with van der Waals surface area (Å²) in [6, 6.07) is 2.54. The van der Waals surface area contributed by atoms with E-state index in [0.717, 1.165) is 25.0 Å². The van der Waals surface area contributed by atoms with Gasteiger partial charge in [-0.05, 0) is 25.8 Å². The van der Waals surface area contributed by atoms with E-state index in [9.17, 15) is 13.6 Å². The second-order valence-electron chi connectivity index (χ2n) is 4.29. The molecule has 18 heavy (non-hydrogen) atoms. The van der Waals surface area contributed by atoms with Crippen molar-refractivity contribution in [3.8, 4) is 0 Å². The lowest BCUT2D eigenvalue weighted by Gasteiger charge is -2.18. The Morgan fingerprint density at radius 2 is 2.22 bits per heavy atom. The van der Waals surface area contributed by atoms with Gasteiger partial charge in [-0.2, -0.15) is 0 Å². The molecule has 0 radical (unpaired) electrons. The SMILES string of the molecule is CCOC(=O)C(NC1CC1)c1ccc(F)cc1F. The van der Waals surface area contributed by atoms with Crippen LogP contribution in [-0.4, -0.2) is 18.6 Å². The van der Waals surface area contributed by atoms with Gasteiger partial charge in [-0.25, -0.2) is 13.6 Å². The lowest BCUT2D eigenvalue weighted by atomic mass is 10.1. The summed E-state index contributed by atoms with van der Waals surface area (Å²) in [4.78, 5) is 11.8. The van der Waals surface area contributed by atoms with E-state index in [2.05, 4.69) is 5.32 Å². The van der Waals surface area contributed by atoms with Gasteiger partial charge in [-0.15, -0.1) is 0 Å². The third-order valence-electron chi connectivity index (χ3n) is 2.78. The maximum Gasteiger partial charge on any atom is 0.327 e. The smallest absolute Gasteiger partial charge is 0.327 e. The number of benzene rings is 1. The maximum absolute atomic E-state index is 13.7. The number of ether oxygens (including phenoxy) is 1. The minimum atomic E-state index is -0.863. The van der Waals surface area contributed by atoms with Crippen molar-refractivity contribution in [1.82, 2.24) is 5.32 Å². The van der Waals surface area contributed by atoms with E-state index < -0.39 is 23.6 Å². The second-order valence-corrected chi connectivity index (χ2v) is 4.29. The normalized spacial score (nSPS) is 16.4. The molecule has 0 aliphatic heterocycles. The van der Waals surface area contributed by atoms with E-state index >= 15 is 0 Å². The third-order valence-corrected chi connectivity index (χ3v) is 2.78. The highest BCUT2D eigenvalue weighted by molar-refractivity contribution is 5.77. The first-order valence-electron chi connectivity index (χ1n) is 5.99. The minimum absolute atomic E-state index is 0.127. The molecule has 1 N–H and O–H groups in total. The molecule has 1 aromatic rings. The van der Waals surface area contributed by atoms with Crippen LogP contribution in [0, 0.1) is 11.6 Å². The number of rotatable bonds is 5.